The van der Waals surface area contributed by atoms with Crippen molar-refractivity contribution in [2.75, 3.05) is 11.9 Å². The van der Waals surface area contributed by atoms with Crippen LogP contribution in [0.4, 0.5) is 10.1 Å². The molecule has 0 saturated carbocycles. The topological polar surface area (TPSA) is 38.3 Å². The zero-order valence-corrected chi connectivity index (χ0v) is 13.4. The zero-order chi connectivity index (χ0) is 16.3. The number of ether oxygens (including phenoxy) is 1. The molecule has 0 bridgehead atoms. The molecule has 0 aliphatic carbocycles. The van der Waals surface area contributed by atoms with Gasteiger partial charge in [0, 0.05) is 11.8 Å². The Balaban J connectivity index is 2.00. The Hall–Kier alpha value is -2.07. The highest BCUT2D eigenvalue weighted by molar-refractivity contribution is 6.30. The van der Waals surface area contributed by atoms with Crippen LogP contribution in [0.5, 0.6) is 5.75 Å². The summed E-state index contributed by atoms with van der Waals surface area (Å²) >= 11 is 5.66. The first-order chi connectivity index (χ1) is 10.4. The summed E-state index contributed by atoms with van der Waals surface area (Å²) in [6, 6.07) is 7.97. The second kappa shape index (κ2) is 6.79. The fraction of sp³-hybridized carbons (Fsp3) is 0.235. The highest BCUT2D eigenvalue weighted by atomic mass is 35.5. The van der Waals surface area contributed by atoms with E-state index in [0.29, 0.717) is 5.75 Å². The maximum absolute atomic E-state index is 13.0. The van der Waals surface area contributed by atoms with E-state index in [0.717, 1.165) is 22.4 Å². The van der Waals surface area contributed by atoms with Crippen LogP contribution in [0.25, 0.3) is 0 Å². The molecule has 2 aromatic carbocycles. The van der Waals surface area contributed by atoms with Crippen molar-refractivity contribution in [1.82, 2.24) is 0 Å². The molecular weight excluding hydrogens is 305 g/mol. The molecule has 0 radical (unpaired) electrons. The number of hydrogen-bond acceptors (Lipinski definition) is 2. The van der Waals surface area contributed by atoms with Gasteiger partial charge < -0.3 is 10.1 Å². The van der Waals surface area contributed by atoms with Gasteiger partial charge in [-0.15, -0.1) is 0 Å². The van der Waals surface area contributed by atoms with Gasteiger partial charge in [0.25, 0.3) is 5.91 Å². The molecule has 2 aromatic rings. The summed E-state index contributed by atoms with van der Waals surface area (Å²) in [5.74, 6) is -0.459. The smallest absolute Gasteiger partial charge is 0.262 e. The summed E-state index contributed by atoms with van der Waals surface area (Å²) in [7, 11) is 0. The number of amides is 1. The van der Waals surface area contributed by atoms with Crippen LogP contribution in [-0.2, 0) is 4.79 Å². The lowest BCUT2D eigenvalue weighted by Gasteiger charge is -2.13. The summed E-state index contributed by atoms with van der Waals surface area (Å²) in [6.45, 7) is 5.72. The summed E-state index contributed by atoms with van der Waals surface area (Å²) in [5, 5.41) is 2.79. The molecular formula is C17H17ClFNO2. The minimum Gasteiger partial charge on any atom is -0.484 e. The predicted octanol–water partition coefficient (Wildman–Crippen LogP) is 4.42. The van der Waals surface area contributed by atoms with Crippen molar-refractivity contribution in [2.45, 2.75) is 20.8 Å². The van der Waals surface area contributed by atoms with Crippen molar-refractivity contribution in [3.63, 3.8) is 0 Å². The molecule has 5 heteroatoms. The molecule has 0 saturated heterocycles. The molecule has 1 N–H and O–H groups in total. The van der Waals surface area contributed by atoms with Gasteiger partial charge in [-0.2, -0.15) is 0 Å². The molecule has 0 heterocycles. The predicted molar refractivity (Wildman–Crippen MR) is 86.2 cm³/mol. The van der Waals surface area contributed by atoms with Crippen LogP contribution >= 0.6 is 11.6 Å². The monoisotopic (exact) mass is 321 g/mol. The standard InChI is InChI=1S/C17H17ClFNO2/c1-10-6-11(2)17(12(3)7-10)20-16(21)9-22-13-4-5-15(19)14(18)8-13/h4-8H,9H2,1-3H3,(H,20,21). The highest BCUT2D eigenvalue weighted by Crippen LogP contribution is 2.23. The molecule has 22 heavy (non-hydrogen) atoms. The number of hydrogen-bond donors (Lipinski definition) is 1. The van der Waals surface area contributed by atoms with E-state index in [1.165, 1.54) is 18.2 Å². The van der Waals surface area contributed by atoms with Gasteiger partial charge in [-0.3, -0.25) is 4.79 Å². The Bertz CT molecular complexity index is 693. The second-order valence-electron chi connectivity index (χ2n) is 5.19. The third-order valence-corrected chi connectivity index (χ3v) is 3.49. The van der Waals surface area contributed by atoms with Crippen molar-refractivity contribution in [1.29, 1.82) is 0 Å². The fourth-order valence-corrected chi connectivity index (χ4v) is 2.44. The van der Waals surface area contributed by atoms with E-state index in [1.807, 2.05) is 32.9 Å². The number of halogens is 2. The molecule has 1 amide bonds. The van der Waals surface area contributed by atoms with E-state index in [1.54, 1.807) is 0 Å². The quantitative estimate of drug-likeness (QED) is 0.905. The van der Waals surface area contributed by atoms with E-state index in [-0.39, 0.29) is 17.5 Å². The SMILES string of the molecule is Cc1cc(C)c(NC(=O)COc2ccc(F)c(Cl)c2)c(C)c1. The van der Waals surface area contributed by atoms with Gasteiger partial charge in [-0.1, -0.05) is 29.3 Å². The van der Waals surface area contributed by atoms with Crippen molar-refractivity contribution in [2.24, 2.45) is 0 Å². The van der Waals surface area contributed by atoms with Crippen LogP contribution in [0.3, 0.4) is 0 Å². The van der Waals surface area contributed by atoms with Gasteiger partial charge in [-0.25, -0.2) is 4.39 Å². The highest BCUT2D eigenvalue weighted by Gasteiger charge is 2.09. The van der Waals surface area contributed by atoms with Crippen LogP contribution in [0.15, 0.2) is 30.3 Å². The number of carbonyl (C=O) groups is 1. The van der Waals surface area contributed by atoms with Crippen LogP contribution in [0.1, 0.15) is 16.7 Å². The third kappa shape index (κ3) is 3.98. The third-order valence-electron chi connectivity index (χ3n) is 3.20. The number of rotatable bonds is 4. The molecule has 0 aliphatic heterocycles. The summed E-state index contributed by atoms with van der Waals surface area (Å²) in [4.78, 5) is 12.0. The number of anilines is 1. The number of aryl methyl sites for hydroxylation is 3. The van der Waals surface area contributed by atoms with E-state index < -0.39 is 5.82 Å². The molecule has 0 fully saturated rings. The Kier molecular flexibility index (Phi) is 5.03. The van der Waals surface area contributed by atoms with Crippen LogP contribution in [-0.4, -0.2) is 12.5 Å². The molecule has 0 atom stereocenters. The lowest BCUT2D eigenvalue weighted by molar-refractivity contribution is -0.118. The minimum atomic E-state index is -0.524. The van der Waals surface area contributed by atoms with E-state index >= 15 is 0 Å². The van der Waals surface area contributed by atoms with Gasteiger partial charge in [0.1, 0.15) is 11.6 Å². The number of carbonyl (C=O) groups excluding carboxylic acids is 1. The first-order valence-corrected chi connectivity index (χ1v) is 7.20. The molecule has 116 valence electrons. The Morgan fingerprint density at radius 3 is 2.41 bits per heavy atom. The average Bonchev–Trinajstić information content (AvgIpc) is 2.44. The molecule has 2 rings (SSSR count). The number of nitrogens with one attached hydrogen (secondary N) is 1. The van der Waals surface area contributed by atoms with Crippen molar-refractivity contribution in [3.8, 4) is 5.75 Å². The van der Waals surface area contributed by atoms with Crippen LogP contribution in [0.2, 0.25) is 5.02 Å². The van der Waals surface area contributed by atoms with E-state index in [9.17, 15) is 9.18 Å². The summed E-state index contributed by atoms with van der Waals surface area (Å²) < 4.78 is 18.4. The zero-order valence-electron chi connectivity index (χ0n) is 12.7. The van der Waals surface area contributed by atoms with E-state index in [4.69, 9.17) is 16.3 Å². The molecule has 3 nitrogen and oxygen atoms in total. The van der Waals surface area contributed by atoms with Crippen LogP contribution < -0.4 is 10.1 Å². The van der Waals surface area contributed by atoms with Gasteiger partial charge in [-0.05, 0) is 44.0 Å². The molecule has 0 aliphatic rings. The summed E-state index contributed by atoms with van der Waals surface area (Å²) in [6.07, 6.45) is 0. The van der Waals surface area contributed by atoms with E-state index in [2.05, 4.69) is 5.32 Å². The summed E-state index contributed by atoms with van der Waals surface area (Å²) in [5.41, 5.74) is 3.92. The minimum absolute atomic E-state index is 0.0388. The van der Waals surface area contributed by atoms with Gasteiger partial charge >= 0.3 is 0 Å². The lowest BCUT2D eigenvalue weighted by atomic mass is 10.1. The Morgan fingerprint density at radius 2 is 1.82 bits per heavy atom. The largest absolute Gasteiger partial charge is 0.484 e. The maximum Gasteiger partial charge on any atom is 0.262 e. The Morgan fingerprint density at radius 1 is 1.18 bits per heavy atom. The lowest BCUT2D eigenvalue weighted by Crippen LogP contribution is -2.21. The van der Waals surface area contributed by atoms with Gasteiger partial charge in [0.15, 0.2) is 6.61 Å². The molecule has 0 unspecified atom stereocenters. The fourth-order valence-electron chi connectivity index (χ4n) is 2.27. The van der Waals surface area contributed by atoms with Crippen molar-refractivity contribution >= 4 is 23.2 Å². The van der Waals surface area contributed by atoms with Crippen molar-refractivity contribution in [3.05, 3.63) is 57.9 Å². The second-order valence-corrected chi connectivity index (χ2v) is 5.59. The number of benzene rings is 2. The average molecular weight is 322 g/mol. The van der Waals surface area contributed by atoms with Crippen molar-refractivity contribution < 1.29 is 13.9 Å². The van der Waals surface area contributed by atoms with Gasteiger partial charge in [0.05, 0.1) is 5.02 Å². The normalized spacial score (nSPS) is 10.4. The van der Waals surface area contributed by atoms with Crippen LogP contribution in [0, 0.1) is 26.6 Å². The molecule has 0 spiro atoms. The Labute approximate surface area is 134 Å². The first kappa shape index (κ1) is 16.3. The molecule has 0 aromatic heterocycles. The van der Waals surface area contributed by atoms with Gasteiger partial charge in [0.2, 0.25) is 0 Å². The first-order valence-electron chi connectivity index (χ1n) is 6.82. The maximum atomic E-state index is 13.0.